The highest BCUT2D eigenvalue weighted by Gasteiger charge is 2.26. The fraction of sp³-hybridized carbons (Fsp3) is 0.182. The number of aryl methyl sites for hydroxylation is 2. The van der Waals surface area contributed by atoms with Crippen LogP contribution in [0.3, 0.4) is 0 Å². The topological polar surface area (TPSA) is 59.8 Å². The highest BCUT2D eigenvalue weighted by atomic mass is 35.5. The van der Waals surface area contributed by atoms with Crippen molar-refractivity contribution >= 4 is 41.0 Å². The van der Waals surface area contributed by atoms with Gasteiger partial charge in [-0.2, -0.15) is 0 Å². The van der Waals surface area contributed by atoms with Crippen LogP contribution in [0.25, 0.3) is 5.69 Å². The van der Waals surface area contributed by atoms with E-state index < -0.39 is 6.04 Å². The van der Waals surface area contributed by atoms with Crippen LogP contribution in [-0.2, 0) is 17.0 Å². The lowest BCUT2D eigenvalue weighted by Crippen LogP contribution is -2.33. The minimum Gasteiger partial charge on any atom is -0.345 e. The van der Waals surface area contributed by atoms with Crippen molar-refractivity contribution in [2.75, 3.05) is 5.75 Å². The van der Waals surface area contributed by atoms with E-state index in [9.17, 15) is 4.79 Å². The van der Waals surface area contributed by atoms with E-state index in [4.69, 9.17) is 11.6 Å². The molecule has 0 aliphatic carbocycles. The standard InChI is InChI=1S/C33H31ClN4OS2/c1-23-10-9-13-26(18-23)21-41-33-37-36-32(38(33)30-20-27(34)17-16-24(30)2)29(19-25-11-5-3-6-12-25)35-31(39)22-40-28-14-7-4-8-15-28/h3-18,20,29H,19,21-22H2,1-2H3,(H,35,39). The molecule has 0 aliphatic heterocycles. The summed E-state index contributed by atoms with van der Waals surface area (Å²) in [5.74, 6) is 1.65. The van der Waals surface area contributed by atoms with Gasteiger partial charge in [0.25, 0.3) is 0 Å². The zero-order valence-electron chi connectivity index (χ0n) is 23.0. The number of amides is 1. The Hall–Kier alpha value is -3.52. The molecule has 0 bridgehead atoms. The van der Waals surface area contributed by atoms with Gasteiger partial charge in [0.15, 0.2) is 11.0 Å². The first-order valence-electron chi connectivity index (χ1n) is 13.4. The van der Waals surface area contributed by atoms with Crippen molar-refractivity contribution in [1.29, 1.82) is 0 Å². The van der Waals surface area contributed by atoms with E-state index in [0.29, 0.717) is 23.0 Å². The molecule has 1 N–H and O–H groups in total. The van der Waals surface area contributed by atoms with Gasteiger partial charge in [-0.1, -0.05) is 108 Å². The van der Waals surface area contributed by atoms with E-state index in [2.05, 4.69) is 63.4 Å². The number of nitrogens with zero attached hydrogens (tertiary/aromatic N) is 3. The average Bonchev–Trinajstić information content (AvgIpc) is 3.41. The van der Waals surface area contributed by atoms with Crippen molar-refractivity contribution in [3.8, 4) is 5.69 Å². The van der Waals surface area contributed by atoms with E-state index >= 15 is 0 Å². The number of aromatic nitrogens is 3. The summed E-state index contributed by atoms with van der Waals surface area (Å²) in [4.78, 5) is 14.3. The smallest absolute Gasteiger partial charge is 0.230 e. The Morgan fingerprint density at radius 3 is 2.34 bits per heavy atom. The number of rotatable bonds is 11. The number of carbonyl (C=O) groups is 1. The fourth-order valence-corrected chi connectivity index (χ4v) is 6.35. The molecule has 0 radical (unpaired) electrons. The molecule has 0 fully saturated rings. The average molecular weight is 599 g/mol. The maximum Gasteiger partial charge on any atom is 0.230 e. The Labute approximate surface area is 254 Å². The van der Waals surface area contributed by atoms with Gasteiger partial charge >= 0.3 is 0 Å². The predicted octanol–water partition coefficient (Wildman–Crippen LogP) is 8.02. The fourth-order valence-electron chi connectivity index (χ4n) is 4.56. The molecule has 1 heterocycles. The van der Waals surface area contributed by atoms with E-state index in [1.807, 2.05) is 73.7 Å². The van der Waals surface area contributed by atoms with Gasteiger partial charge in [0.2, 0.25) is 5.91 Å². The van der Waals surface area contributed by atoms with Gasteiger partial charge in [0, 0.05) is 15.7 Å². The van der Waals surface area contributed by atoms with Crippen LogP contribution in [0.5, 0.6) is 0 Å². The maximum atomic E-state index is 13.3. The molecule has 1 aromatic heterocycles. The number of halogens is 1. The Balaban J connectivity index is 1.50. The summed E-state index contributed by atoms with van der Waals surface area (Å²) in [6.45, 7) is 4.14. The zero-order chi connectivity index (χ0) is 28.6. The van der Waals surface area contributed by atoms with Crippen molar-refractivity contribution in [2.24, 2.45) is 0 Å². The number of hydrogen-bond acceptors (Lipinski definition) is 5. The maximum absolute atomic E-state index is 13.3. The normalized spacial score (nSPS) is 11.8. The highest BCUT2D eigenvalue weighted by molar-refractivity contribution is 8.00. The van der Waals surface area contributed by atoms with E-state index in [-0.39, 0.29) is 5.91 Å². The van der Waals surface area contributed by atoms with Crippen molar-refractivity contribution in [1.82, 2.24) is 20.1 Å². The molecule has 41 heavy (non-hydrogen) atoms. The van der Waals surface area contributed by atoms with Gasteiger partial charge < -0.3 is 5.32 Å². The number of benzene rings is 4. The number of hydrogen-bond donors (Lipinski definition) is 1. The second-order valence-electron chi connectivity index (χ2n) is 9.80. The van der Waals surface area contributed by atoms with Crippen molar-refractivity contribution < 1.29 is 4.79 Å². The van der Waals surface area contributed by atoms with Crippen molar-refractivity contribution in [3.05, 3.63) is 136 Å². The second-order valence-corrected chi connectivity index (χ2v) is 12.2. The summed E-state index contributed by atoms with van der Waals surface area (Å²) in [6, 6.07) is 34.0. The third-order valence-corrected chi connectivity index (χ3v) is 8.81. The van der Waals surface area contributed by atoms with Gasteiger partial charge in [-0.25, -0.2) is 0 Å². The van der Waals surface area contributed by atoms with Crippen LogP contribution in [0.4, 0.5) is 0 Å². The lowest BCUT2D eigenvalue weighted by molar-refractivity contribution is -0.119. The highest BCUT2D eigenvalue weighted by Crippen LogP contribution is 2.32. The molecule has 0 saturated carbocycles. The molecule has 5 aromatic rings. The first kappa shape index (κ1) is 29.0. The van der Waals surface area contributed by atoms with Crippen LogP contribution in [0.15, 0.2) is 113 Å². The van der Waals surface area contributed by atoms with Gasteiger partial charge in [-0.3, -0.25) is 9.36 Å². The van der Waals surface area contributed by atoms with E-state index in [0.717, 1.165) is 32.6 Å². The molecule has 0 spiro atoms. The van der Waals surface area contributed by atoms with Gasteiger partial charge in [0.05, 0.1) is 17.5 Å². The molecular weight excluding hydrogens is 568 g/mol. The largest absolute Gasteiger partial charge is 0.345 e. The quantitative estimate of drug-likeness (QED) is 0.156. The summed E-state index contributed by atoms with van der Waals surface area (Å²) < 4.78 is 2.06. The van der Waals surface area contributed by atoms with Crippen LogP contribution in [0, 0.1) is 13.8 Å². The molecule has 1 amide bonds. The minimum absolute atomic E-state index is 0.0638. The number of nitrogens with one attached hydrogen (secondary N) is 1. The van der Waals surface area contributed by atoms with Gasteiger partial charge in [-0.15, -0.1) is 22.0 Å². The van der Waals surface area contributed by atoms with Crippen LogP contribution >= 0.6 is 35.1 Å². The third kappa shape index (κ3) is 7.82. The molecule has 1 unspecified atom stereocenters. The summed E-state index contributed by atoms with van der Waals surface area (Å²) in [5, 5.41) is 14.0. The monoisotopic (exact) mass is 598 g/mol. The second kappa shape index (κ2) is 13.9. The third-order valence-electron chi connectivity index (χ3n) is 6.56. The molecule has 1 atom stereocenters. The van der Waals surface area contributed by atoms with Gasteiger partial charge in [-0.05, 0) is 61.2 Å². The molecule has 4 aromatic carbocycles. The van der Waals surface area contributed by atoms with Crippen LogP contribution < -0.4 is 5.32 Å². The van der Waals surface area contributed by atoms with Gasteiger partial charge in [0.1, 0.15) is 0 Å². The molecule has 5 rings (SSSR count). The first-order valence-corrected chi connectivity index (χ1v) is 15.7. The molecule has 8 heteroatoms. The lowest BCUT2D eigenvalue weighted by atomic mass is 10.0. The Bertz CT molecular complexity index is 1610. The van der Waals surface area contributed by atoms with Crippen LogP contribution in [-0.4, -0.2) is 26.4 Å². The predicted molar refractivity (Wildman–Crippen MR) is 170 cm³/mol. The minimum atomic E-state index is -0.402. The Morgan fingerprint density at radius 1 is 0.854 bits per heavy atom. The lowest BCUT2D eigenvalue weighted by Gasteiger charge is -2.21. The molecule has 5 nitrogen and oxygen atoms in total. The summed E-state index contributed by atoms with van der Waals surface area (Å²) in [6.07, 6.45) is 0.572. The first-order chi connectivity index (χ1) is 20.0. The molecule has 0 aliphatic rings. The summed E-state index contributed by atoms with van der Waals surface area (Å²) in [5.41, 5.74) is 5.46. The molecule has 208 valence electrons. The van der Waals surface area contributed by atoms with Crippen molar-refractivity contribution in [2.45, 2.75) is 42.1 Å². The molecule has 0 saturated heterocycles. The summed E-state index contributed by atoms with van der Waals surface area (Å²) in [7, 11) is 0. The van der Waals surface area contributed by atoms with Crippen LogP contribution in [0.2, 0.25) is 5.02 Å². The van der Waals surface area contributed by atoms with Crippen LogP contribution in [0.1, 0.15) is 34.1 Å². The zero-order valence-corrected chi connectivity index (χ0v) is 25.3. The van der Waals surface area contributed by atoms with E-state index in [1.165, 1.54) is 22.9 Å². The van der Waals surface area contributed by atoms with Crippen molar-refractivity contribution in [3.63, 3.8) is 0 Å². The number of thioether (sulfide) groups is 2. The Kier molecular flexibility index (Phi) is 9.83. The van der Waals surface area contributed by atoms with E-state index in [1.54, 1.807) is 11.8 Å². The summed E-state index contributed by atoms with van der Waals surface area (Å²) >= 11 is 9.62. The SMILES string of the molecule is Cc1cccc(CSc2nnc(C(Cc3ccccc3)NC(=O)CSc3ccccc3)n2-c2cc(Cl)ccc2C)c1. The molecular formula is C33H31ClN4OS2. The Morgan fingerprint density at radius 2 is 1.59 bits per heavy atom. The number of carbonyl (C=O) groups excluding carboxylic acids is 1.